The fourth-order valence-corrected chi connectivity index (χ4v) is 2.24. The molecule has 1 atom stereocenters. The predicted octanol–water partition coefficient (Wildman–Crippen LogP) is 1.59. The molecule has 1 aromatic rings. The highest BCUT2D eigenvalue weighted by molar-refractivity contribution is 14.0. The van der Waals surface area contributed by atoms with Crippen LogP contribution in [0.2, 0.25) is 0 Å². The van der Waals surface area contributed by atoms with Gasteiger partial charge in [0.05, 0.1) is 13.1 Å². The minimum Gasteiger partial charge on any atom is -0.364 e. The van der Waals surface area contributed by atoms with Gasteiger partial charge in [0.25, 0.3) is 0 Å². The highest BCUT2D eigenvalue weighted by atomic mass is 127. The van der Waals surface area contributed by atoms with E-state index in [2.05, 4.69) is 20.8 Å². The van der Waals surface area contributed by atoms with E-state index in [0.717, 1.165) is 5.69 Å². The Morgan fingerprint density at radius 1 is 1.55 bits per heavy atom. The monoisotopic (exact) mass is 433 g/mol. The van der Waals surface area contributed by atoms with Gasteiger partial charge in [-0.1, -0.05) is 5.16 Å². The Labute approximate surface area is 143 Å². The van der Waals surface area contributed by atoms with Crippen molar-refractivity contribution in [3.05, 3.63) is 18.0 Å². The zero-order valence-corrected chi connectivity index (χ0v) is 14.4. The van der Waals surface area contributed by atoms with E-state index in [9.17, 15) is 13.2 Å². The minimum absolute atomic E-state index is 0. The molecule has 1 aromatic heterocycles. The number of alkyl halides is 3. The molecule has 22 heavy (non-hydrogen) atoms. The summed E-state index contributed by atoms with van der Waals surface area (Å²) in [4.78, 5) is 5.44. The molecule has 1 aliphatic rings. The number of likely N-dealkylation sites (tertiary alicyclic amines) is 1. The maximum absolute atomic E-state index is 12.3. The van der Waals surface area contributed by atoms with Crippen LogP contribution in [-0.2, 0) is 6.54 Å². The first-order valence-electron chi connectivity index (χ1n) is 6.62. The lowest BCUT2D eigenvalue weighted by Crippen LogP contribution is -2.44. The molecule has 6 nitrogen and oxygen atoms in total. The van der Waals surface area contributed by atoms with E-state index >= 15 is 0 Å². The van der Waals surface area contributed by atoms with Gasteiger partial charge in [-0.05, 0) is 6.42 Å². The summed E-state index contributed by atoms with van der Waals surface area (Å²) in [7, 11) is 1.61. The molecule has 1 fully saturated rings. The predicted molar refractivity (Wildman–Crippen MR) is 86.2 cm³/mol. The molecule has 1 unspecified atom stereocenters. The Bertz CT molecular complexity index is 466. The molecule has 126 valence electrons. The topological polar surface area (TPSA) is 65.7 Å². The molecular weight excluding hydrogens is 414 g/mol. The van der Waals surface area contributed by atoms with Gasteiger partial charge in [0, 0.05) is 32.2 Å². The van der Waals surface area contributed by atoms with Crippen LogP contribution in [0.3, 0.4) is 0 Å². The molecule has 0 aromatic carbocycles. The molecule has 0 saturated carbocycles. The quantitative estimate of drug-likeness (QED) is 0.429. The maximum Gasteiger partial charge on any atom is 0.401 e. The van der Waals surface area contributed by atoms with Crippen molar-refractivity contribution in [2.24, 2.45) is 4.99 Å². The molecule has 1 saturated heterocycles. The standard InChI is InChI=1S/C12H18F3N5O.HI/c1-16-11(17-6-9-3-5-21-19-9)18-10-2-4-20(7-10)8-12(13,14)15;/h3,5,10H,2,4,6-8H2,1H3,(H2,16,17,18);1H. The third-order valence-corrected chi connectivity index (χ3v) is 3.17. The fourth-order valence-electron chi connectivity index (χ4n) is 2.24. The van der Waals surface area contributed by atoms with Crippen LogP contribution in [-0.4, -0.2) is 54.9 Å². The summed E-state index contributed by atoms with van der Waals surface area (Å²) in [6.45, 7) is 0.354. The lowest BCUT2D eigenvalue weighted by atomic mass is 10.3. The van der Waals surface area contributed by atoms with Crippen LogP contribution in [0.15, 0.2) is 21.8 Å². The first-order chi connectivity index (χ1) is 9.96. The molecule has 0 aliphatic carbocycles. The van der Waals surface area contributed by atoms with Crippen molar-refractivity contribution < 1.29 is 17.7 Å². The second-order valence-corrected chi connectivity index (χ2v) is 4.90. The molecule has 0 amide bonds. The lowest BCUT2D eigenvalue weighted by Gasteiger charge is -2.19. The van der Waals surface area contributed by atoms with Crippen molar-refractivity contribution in [2.45, 2.75) is 25.2 Å². The Morgan fingerprint density at radius 2 is 2.32 bits per heavy atom. The summed E-state index contributed by atoms with van der Waals surface area (Å²) in [5.74, 6) is 0.539. The van der Waals surface area contributed by atoms with Gasteiger partial charge in [0.1, 0.15) is 12.0 Å². The third kappa shape index (κ3) is 6.38. The first kappa shape index (κ1) is 19.0. The van der Waals surface area contributed by atoms with Crippen LogP contribution in [0.1, 0.15) is 12.1 Å². The van der Waals surface area contributed by atoms with E-state index in [0.29, 0.717) is 32.0 Å². The molecule has 0 radical (unpaired) electrons. The van der Waals surface area contributed by atoms with Crippen molar-refractivity contribution in [3.8, 4) is 0 Å². The molecule has 1 aliphatic heterocycles. The highest BCUT2D eigenvalue weighted by Crippen LogP contribution is 2.19. The Balaban J connectivity index is 0.00000242. The van der Waals surface area contributed by atoms with Crippen LogP contribution < -0.4 is 10.6 Å². The van der Waals surface area contributed by atoms with Crippen molar-refractivity contribution >= 4 is 29.9 Å². The molecule has 2 heterocycles. The Hall–Kier alpha value is -1.04. The van der Waals surface area contributed by atoms with Crippen LogP contribution in [0.5, 0.6) is 0 Å². The fraction of sp³-hybridized carbons (Fsp3) is 0.667. The average Bonchev–Trinajstić information content (AvgIpc) is 3.04. The maximum atomic E-state index is 12.3. The second-order valence-electron chi connectivity index (χ2n) is 4.90. The van der Waals surface area contributed by atoms with E-state index in [1.165, 1.54) is 11.2 Å². The number of nitrogens with one attached hydrogen (secondary N) is 2. The summed E-state index contributed by atoms with van der Waals surface area (Å²) in [6.07, 6.45) is -2.03. The van der Waals surface area contributed by atoms with E-state index in [4.69, 9.17) is 4.52 Å². The molecule has 2 N–H and O–H groups in total. The SMILES string of the molecule is CN=C(NCc1ccon1)NC1CCN(CC(F)(F)F)C1.I. The summed E-state index contributed by atoms with van der Waals surface area (Å²) >= 11 is 0. The van der Waals surface area contributed by atoms with Gasteiger partial charge in [-0.25, -0.2) is 0 Å². The van der Waals surface area contributed by atoms with Crippen LogP contribution in [0.25, 0.3) is 0 Å². The highest BCUT2D eigenvalue weighted by Gasteiger charge is 2.34. The van der Waals surface area contributed by atoms with Gasteiger partial charge in [-0.15, -0.1) is 24.0 Å². The van der Waals surface area contributed by atoms with Gasteiger partial charge >= 0.3 is 6.18 Å². The largest absolute Gasteiger partial charge is 0.401 e. The summed E-state index contributed by atoms with van der Waals surface area (Å²) in [5, 5.41) is 9.91. The smallest absolute Gasteiger partial charge is 0.364 e. The van der Waals surface area contributed by atoms with E-state index in [1.807, 2.05) is 0 Å². The molecular formula is C12H19F3IN5O. The molecule has 0 bridgehead atoms. The lowest BCUT2D eigenvalue weighted by molar-refractivity contribution is -0.143. The molecule has 10 heteroatoms. The van der Waals surface area contributed by atoms with E-state index < -0.39 is 12.7 Å². The van der Waals surface area contributed by atoms with Crippen molar-refractivity contribution in [3.63, 3.8) is 0 Å². The third-order valence-electron chi connectivity index (χ3n) is 3.17. The first-order valence-corrected chi connectivity index (χ1v) is 6.62. The number of guanidine groups is 1. The Kier molecular flexibility index (Phi) is 7.39. The summed E-state index contributed by atoms with van der Waals surface area (Å²) in [5.41, 5.74) is 0.725. The molecule has 0 spiro atoms. The van der Waals surface area contributed by atoms with Crippen molar-refractivity contribution in [1.82, 2.24) is 20.7 Å². The van der Waals surface area contributed by atoms with E-state index in [-0.39, 0.29) is 30.0 Å². The number of nitrogens with zero attached hydrogens (tertiary/aromatic N) is 3. The van der Waals surface area contributed by atoms with Gasteiger partial charge in [0.15, 0.2) is 5.96 Å². The van der Waals surface area contributed by atoms with Gasteiger partial charge in [-0.3, -0.25) is 9.89 Å². The number of hydrogen-bond donors (Lipinski definition) is 2. The van der Waals surface area contributed by atoms with Crippen LogP contribution >= 0.6 is 24.0 Å². The second kappa shape index (κ2) is 8.56. The number of aliphatic imine (C=N–C) groups is 1. The van der Waals surface area contributed by atoms with Gasteiger partial charge in [-0.2, -0.15) is 13.2 Å². The zero-order valence-electron chi connectivity index (χ0n) is 12.1. The Morgan fingerprint density at radius 3 is 2.91 bits per heavy atom. The van der Waals surface area contributed by atoms with Crippen LogP contribution in [0, 0.1) is 0 Å². The normalized spacial score (nSPS) is 19.8. The summed E-state index contributed by atoms with van der Waals surface area (Å²) < 4.78 is 41.7. The number of rotatable bonds is 4. The van der Waals surface area contributed by atoms with Crippen molar-refractivity contribution in [2.75, 3.05) is 26.7 Å². The summed E-state index contributed by atoms with van der Waals surface area (Å²) in [6, 6.07) is 1.68. The minimum atomic E-state index is -4.15. The zero-order chi connectivity index (χ0) is 15.3. The van der Waals surface area contributed by atoms with E-state index in [1.54, 1.807) is 13.1 Å². The average molecular weight is 433 g/mol. The van der Waals surface area contributed by atoms with Crippen molar-refractivity contribution in [1.29, 1.82) is 0 Å². The number of halogens is 4. The number of hydrogen-bond acceptors (Lipinski definition) is 4. The molecule has 2 rings (SSSR count). The van der Waals surface area contributed by atoms with Gasteiger partial charge < -0.3 is 15.2 Å². The number of aromatic nitrogens is 1. The van der Waals surface area contributed by atoms with Crippen LogP contribution in [0.4, 0.5) is 13.2 Å². The van der Waals surface area contributed by atoms with Gasteiger partial charge in [0.2, 0.25) is 0 Å².